The van der Waals surface area contributed by atoms with Crippen molar-refractivity contribution in [2.24, 2.45) is 0 Å². The van der Waals surface area contributed by atoms with Crippen LogP contribution in [-0.2, 0) is 9.53 Å². The number of benzene rings is 1. The lowest BCUT2D eigenvalue weighted by Gasteiger charge is -2.42. The number of hydrogen-bond acceptors (Lipinski definition) is 6. The predicted octanol–water partition coefficient (Wildman–Crippen LogP) is 2.67. The Morgan fingerprint density at radius 3 is 3.00 bits per heavy atom. The third-order valence-electron chi connectivity index (χ3n) is 5.42. The highest BCUT2D eigenvalue weighted by atomic mass is 32.1. The van der Waals surface area contributed by atoms with Crippen molar-refractivity contribution < 1.29 is 14.6 Å². The second-order valence-corrected chi connectivity index (χ2v) is 8.34. The summed E-state index contributed by atoms with van der Waals surface area (Å²) < 4.78 is 5.85. The van der Waals surface area contributed by atoms with Crippen molar-refractivity contribution in [2.75, 3.05) is 31.6 Å². The van der Waals surface area contributed by atoms with Crippen LogP contribution in [0.3, 0.4) is 0 Å². The minimum atomic E-state index is -0.488. The average molecular weight is 388 g/mol. The number of anilines is 1. The maximum atomic E-state index is 12.5. The van der Waals surface area contributed by atoms with Crippen molar-refractivity contribution >= 4 is 22.4 Å². The molecule has 2 N–H and O–H groups in total. The molecule has 7 heteroatoms. The predicted molar refractivity (Wildman–Crippen MR) is 106 cm³/mol. The lowest BCUT2D eigenvalue weighted by atomic mass is 9.87. The normalized spacial score (nSPS) is 25.8. The third-order valence-corrected chi connectivity index (χ3v) is 6.17. The molecule has 2 atom stereocenters. The largest absolute Gasteiger partial charge is 0.390 e. The van der Waals surface area contributed by atoms with Crippen LogP contribution in [0.4, 0.5) is 5.13 Å². The van der Waals surface area contributed by atoms with Gasteiger partial charge in [0, 0.05) is 30.6 Å². The second-order valence-electron chi connectivity index (χ2n) is 7.48. The minimum absolute atomic E-state index is 0.0793. The molecule has 2 saturated heterocycles. The minimum Gasteiger partial charge on any atom is -0.390 e. The van der Waals surface area contributed by atoms with E-state index in [1.54, 1.807) is 0 Å². The first-order chi connectivity index (χ1) is 13.0. The summed E-state index contributed by atoms with van der Waals surface area (Å²) in [5.74, 6) is -0.0793. The van der Waals surface area contributed by atoms with E-state index in [0.717, 1.165) is 24.1 Å². The van der Waals surface area contributed by atoms with E-state index in [2.05, 4.69) is 34.3 Å². The first-order valence-electron chi connectivity index (χ1n) is 9.41. The Bertz CT molecular complexity index is 799. The number of likely N-dealkylation sites (tertiary alicyclic amines) is 1. The molecule has 4 rings (SSSR count). The summed E-state index contributed by atoms with van der Waals surface area (Å²) in [5, 5.41) is 15.8. The number of aliphatic hydroxyl groups excluding tert-OH is 1. The highest BCUT2D eigenvalue weighted by Gasteiger charge is 2.46. The highest BCUT2D eigenvalue weighted by molar-refractivity contribution is 7.14. The molecule has 1 aromatic heterocycles. The van der Waals surface area contributed by atoms with Crippen LogP contribution < -0.4 is 5.32 Å². The summed E-state index contributed by atoms with van der Waals surface area (Å²) in [4.78, 5) is 19.1. The van der Waals surface area contributed by atoms with Crippen LogP contribution >= 0.6 is 11.3 Å². The zero-order valence-corrected chi connectivity index (χ0v) is 16.3. The summed E-state index contributed by atoms with van der Waals surface area (Å²) in [6.45, 7) is 4.34. The third kappa shape index (κ3) is 4.06. The molecular weight excluding hydrogens is 362 g/mol. The molecule has 6 nitrogen and oxygen atoms in total. The van der Waals surface area contributed by atoms with Crippen molar-refractivity contribution in [2.45, 2.75) is 37.9 Å². The zero-order chi connectivity index (χ0) is 18.9. The van der Waals surface area contributed by atoms with Crippen LogP contribution in [0.2, 0.25) is 0 Å². The lowest BCUT2D eigenvalue weighted by molar-refractivity contribution is -0.137. The fourth-order valence-corrected chi connectivity index (χ4v) is 4.66. The summed E-state index contributed by atoms with van der Waals surface area (Å²) >= 11 is 1.43. The number of hydrogen-bond donors (Lipinski definition) is 2. The fourth-order valence-electron chi connectivity index (χ4n) is 3.92. The molecule has 2 aliphatic heterocycles. The van der Waals surface area contributed by atoms with E-state index >= 15 is 0 Å². The van der Waals surface area contributed by atoms with Gasteiger partial charge in [0.05, 0.1) is 18.3 Å². The van der Waals surface area contributed by atoms with Gasteiger partial charge in [0.1, 0.15) is 5.60 Å². The van der Waals surface area contributed by atoms with E-state index in [-0.39, 0.29) is 12.5 Å². The first kappa shape index (κ1) is 18.6. The van der Waals surface area contributed by atoms with E-state index in [9.17, 15) is 9.90 Å². The Labute approximate surface area is 163 Å². The number of ether oxygens (including phenoxy) is 1. The smallest absolute Gasteiger partial charge is 0.240 e. The molecule has 0 unspecified atom stereocenters. The van der Waals surface area contributed by atoms with Gasteiger partial charge < -0.3 is 15.2 Å². The molecule has 0 aliphatic carbocycles. The molecule has 1 amide bonds. The Hall–Kier alpha value is -1.80. The SMILES string of the molecule is Cc1ccc(-c2csc(NC(=O)CN3CC[C@H](O)[C@]4(CCCO4)C3)n2)cc1. The molecule has 2 fully saturated rings. The van der Waals surface area contributed by atoms with Crippen LogP contribution in [0.15, 0.2) is 29.6 Å². The Kier molecular flexibility index (Phi) is 5.27. The quantitative estimate of drug-likeness (QED) is 0.844. The molecule has 0 radical (unpaired) electrons. The number of thiazole rings is 1. The number of nitrogens with zero attached hydrogens (tertiary/aromatic N) is 2. The average Bonchev–Trinajstić information content (AvgIpc) is 3.29. The van der Waals surface area contributed by atoms with Crippen LogP contribution in [0.1, 0.15) is 24.8 Å². The zero-order valence-electron chi connectivity index (χ0n) is 15.5. The molecule has 0 saturated carbocycles. The van der Waals surface area contributed by atoms with Gasteiger partial charge in [-0.05, 0) is 26.2 Å². The molecule has 2 aromatic rings. The lowest BCUT2D eigenvalue weighted by Crippen LogP contribution is -2.57. The van der Waals surface area contributed by atoms with Crippen molar-refractivity contribution in [3.05, 3.63) is 35.2 Å². The van der Waals surface area contributed by atoms with Gasteiger partial charge in [0.2, 0.25) is 5.91 Å². The van der Waals surface area contributed by atoms with Gasteiger partial charge >= 0.3 is 0 Å². The van der Waals surface area contributed by atoms with Crippen molar-refractivity contribution in [1.29, 1.82) is 0 Å². The van der Waals surface area contributed by atoms with Crippen LogP contribution in [0.25, 0.3) is 11.3 Å². The van der Waals surface area contributed by atoms with E-state index in [0.29, 0.717) is 31.2 Å². The topological polar surface area (TPSA) is 74.7 Å². The van der Waals surface area contributed by atoms with Crippen LogP contribution in [-0.4, -0.2) is 58.8 Å². The Morgan fingerprint density at radius 2 is 2.26 bits per heavy atom. The molecule has 1 spiro atoms. The van der Waals surface area contributed by atoms with Gasteiger partial charge in [-0.15, -0.1) is 11.3 Å². The summed E-state index contributed by atoms with van der Waals surface area (Å²) in [6, 6.07) is 8.18. The molecule has 0 bridgehead atoms. The first-order valence-corrected chi connectivity index (χ1v) is 10.3. The van der Waals surface area contributed by atoms with Gasteiger partial charge in [-0.25, -0.2) is 4.98 Å². The molecule has 27 heavy (non-hydrogen) atoms. The summed E-state index contributed by atoms with van der Waals surface area (Å²) in [7, 11) is 0. The number of rotatable bonds is 4. The van der Waals surface area contributed by atoms with Gasteiger partial charge in [0.25, 0.3) is 0 Å². The number of amides is 1. The van der Waals surface area contributed by atoms with Crippen LogP contribution in [0.5, 0.6) is 0 Å². The fraction of sp³-hybridized carbons (Fsp3) is 0.500. The number of aromatic nitrogens is 1. The number of aryl methyl sites for hydroxylation is 1. The standard InChI is InChI=1S/C20H25N3O3S/c1-14-3-5-15(6-4-14)16-12-27-19(21-16)22-18(25)11-23-9-7-17(24)20(13-23)8-2-10-26-20/h3-6,12,17,24H,2,7-11,13H2,1H3,(H,21,22,25)/t17-,20-/m0/s1. The Balaban J connectivity index is 1.35. The molecular formula is C20H25N3O3S. The van der Waals surface area contributed by atoms with E-state index in [4.69, 9.17) is 4.74 Å². The maximum Gasteiger partial charge on any atom is 0.240 e. The molecule has 2 aliphatic rings. The van der Waals surface area contributed by atoms with Crippen molar-refractivity contribution in [1.82, 2.24) is 9.88 Å². The van der Waals surface area contributed by atoms with E-state index in [1.165, 1.54) is 16.9 Å². The number of aliphatic hydroxyl groups is 1. The van der Waals surface area contributed by atoms with Crippen molar-refractivity contribution in [3.8, 4) is 11.3 Å². The summed E-state index contributed by atoms with van der Waals surface area (Å²) in [5.41, 5.74) is 2.63. The molecule has 144 valence electrons. The number of carbonyl (C=O) groups is 1. The number of carbonyl (C=O) groups excluding carboxylic acids is 1. The monoisotopic (exact) mass is 387 g/mol. The number of piperidine rings is 1. The van der Waals surface area contributed by atoms with Crippen LogP contribution in [0, 0.1) is 6.92 Å². The van der Waals surface area contributed by atoms with E-state index in [1.807, 2.05) is 17.5 Å². The second kappa shape index (κ2) is 7.67. The number of nitrogens with one attached hydrogen (secondary N) is 1. The van der Waals surface area contributed by atoms with Gasteiger partial charge in [-0.2, -0.15) is 0 Å². The van der Waals surface area contributed by atoms with Gasteiger partial charge in [-0.3, -0.25) is 9.69 Å². The maximum absolute atomic E-state index is 12.5. The van der Waals surface area contributed by atoms with Gasteiger partial charge in [0.15, 0.2) is 5.13 Å². The molecule has 3 heterocycles. The molecule has 1 aromatic carbocycles. The summed E-state index contributed by atoms with van der Waals surface area (Å²) in [6.07, 6.45) is 2.04. The Morgan fingerprint density at radius 1 is 1.44 bits per heavy atom. The van der Waals surface area contributed by atoms with Crippen molar-refractivity contribution in [3.63, 3.8) is 0 Å². The highest BCUT2D eigenvalue weighted by Crippen LogP contribution is 2.34. The van der Waals surface area contributed by atoms with E-state index < -0.39 is 11.7 Å². The van der Waals surface area contributed by atoms with Gasteiger partial charge in [-0.1, -0.05) is 29.8 Å².